The molecule has 0 saturated heterocycles. The molecule has 7 heteroatoms. The van der Waals surface area contributed by atoms with Crippen LogP contribution in [-0.4, -0.2) is 29.1 Å². The van der Waals surface area contributed by atoms with Crippen LogP contribution in [0.25, 0.3) is 11.0 Å². The van der Waals surface area contributed by atoms with Gasteiger partial charge < -0.3 is 10.7 Å². The molecule has 3 aromatic rings. The first kappa shape index (κ1) is 13.6. The minimum atomic E-state index is -3.46. The number of pyridine rings is 1. The Bertz CT molecular complexity index is 872. The molecule has 0 fully saturated rings. The zero-order valence-electron chi connectivity index (χ0n) is 11.2. The molecule has 0 unspecified atom stereocenters. The quantitative estimate of drug-likeness (QED) is 0.712. The Kier molecular flexibility index (Phi) is 3.34. The van der Waals surface area contributed by atoms with Crippen LogP contribution in [0.4, 0.5) is 5.69 Å². The highest BCUT2D eigenvalue weighted by molar-refractivity contribution is 7.91. The first-order valence-corrected chi connectivity index (χ1v) is 8.07. The summed E-state index contributed by atoms with van der Waals surface area (Å²) >= 11 is 0. The summed E-state index contributed by atoms with van der Waals surface area (Å²) in [5.41, 5.74) is 8.37. The highest BCUT2D eigenvalue weighted by Crippen LogP contribution is 2.18. The van der Waals surface area contributed by atoms with Crippen molar-refractivity contribution in [2.45, 2.75) is 11.6 Å². The topological polar surface area (TPSA) is 102 Å². The number of nitrogens with two attached hydrogens (primary N) is 1. The van der Waals surface area contributed by atoms with E-state index in [1.807, 2.05) is 0 Å². The molecule has 3 N–H and O–H groups in total. The Balaban J connectivity index is 1.86. The number of aromatic nitrogens is 3. The third kappa shape index (κ3) is 2.87. The third-order valence-electron chi connectivity index (χ3n) is 3.19. The van der Waals surface area contributed by atoms with E-state index in [2.05, 4.69) is 15.0 Å². The van der Waals surface area contributed by atoms with Crippen molar-refractivity contribution in [2.75, 3.05) is 11.5 Å². The summed E-state index contributed by atoms with van der Waals surface area (Å²) in [6.45, 7) is 0. The van der Waals surface area contributed by atoms with Gasteiger partial charge in [0.1, 0.15) is 0 Å². The Morgan fingerprint density at radius 2 is 1.90 bits per heavy atom. The fourth-order valence-electron chi connectivity index (χ4n) is 2.05. The van der Waals surface area contributed by atoms with E-state index in [-0.39, 0.29) is 10.9 Å². The molecule has 21 heavy (non-hydrogen) atoms. The van der Waals surface area contributed by atoms with Gasteiger partial charge in [0.05, 0.1) is 16.8 Å². The molecule has 0 radical (unpaired) electrons. The molecule has 0 spiro atoms. The van der Waals surface area contributed by atoms with Crippen LogP contribution in [0.1, 0.15) is 5.56 Å². The number of sulfone groups is 1. The van der Waals surface area contributed by atoms with Gasteiger partial charge in [0, 0.05) is 18.1 Å². The molecular weight excluding hydrogens is 288 g/mol. The molecule has 0 aliphatic heterocycles. The Labute approximate surface area is 122 Å². The summed E-state index contributed by atoms with van der Waals surface area (Å²) < 4.78 is 24.6. The number of hydrogen-bond donors (Lipinski definition) is 2. The Morgan fingerprint density at radius 3 is 2.67 bits per heavy atom. The lowest BCUT2D eigenvalue weighted by Crippen LogP contribution is -2.11. The molecule has 0 atom stereocenters. The second-order valence-corrected chi connectivity index (χ2v) is 6.77. The maximum atomic E-state index is 12.3. The van der Waals surface area contributed by atoms with E-state index in [0.29, 0.717) is 23.1 Å². The molecule has 2 aromatic heterocycles. The van der Waals surface area contributed by atoms with Gasteiger partial charge in [-0.3, -0.25) is 4.98 Å². The Hall–Kier alpha value is -2.41. The summed E-state index contributed by atoms with van der Waals surface area (Å²) in [5.74, 6) is -0.00762. The van der Waals surface area contributed by atoms with Crippen molar-refractivity contribution in [1.82, 2.24) is 15.0 Å². The number of aryl methyl sites for hydroxylation is 1. The van der Waals surface area contributed by atoms with Crippen LogP contribution in [0.15, 0.2) is 47.9 Å². The monoisotopic (exact) mass is 302 g/mol. The SMILES string of the molecule is Nc1ccc2nc(S(=O)(=O)CCc3ccncc3)[nH]c2c1. The fraction of sp³-hybridized carbons (Fsp3) is 0.143. The van der Waals surface area contributed by atoms with Gasteiger partial charge in [-0.05, 0) is 42.3 Å². The number of nitrogen functional groups attached to an aromatic ring is 1. The third-order valence-corrected chi connectivity index (χ3v) is 4.71. The van der Waals surface area contributed by atoms with Crippen LogP contribution < -0.4 is 5.73 Å². The van der Waals surface area contributed by atoms with Crippen LogP contribution >= 0.6 is 0 Å². The highest BCUT2D eigenvalue weighted by Gasteiger charge is 2.19. The number of aromatic amines is 1. The molecule has 0 aliphatic rings. The van der Waals surface area contributed by atoms with E-state index in [4.69, 9.17) is 5.73 Å². The second kappa shape index (κ2) is 5.17. The zero-order valence-corrected chi connectivity index (χ0v) is 12.0. The number of H-pyrrole nitrogens is 1. The predicted molar refractivity (Wildman–Crippen MR) is 80.5 cm³/mol. The highest BCUT2D eigenvalue weighted by atomic mass is 32.2. The van der Waals surface area contributed by atoms with Crippen molar-refractivity contribution in [2.24, 2.45) is 0 Å². The van der Waals surface area contributed by atoms with Gasteiger partial charge in [-0.2, -0.15) is 0 Å². The van der Waals surface area contributed by atoms with E-state index in [9.17, 15) is 8.42 Å². The fourth-order valence-corrected chi connectivity index (χ4v) is 3.25. The molecule has 2 heterocycles. The van der Waals surface area contributed by atoms with Gasteiger partial charge in [0.2, 0.25) is 15.0 Å². The average molecular weight is 302 g/mol. The largest absolute Gasteiger partial charge is 0.399 e. The summed E-state index contributed by atoms with van der Waals surface area (Å²) in [4.78, 5) is 10.9. The number of anilines is 1. The average Bonchev–Trinajstić information content (AvgIpc) is 2.90. The minimum Gasteiger partial charge on any atom is -0.399 e. The van der Waals surface area contributed by atoms with Crippen LogP contribution in [-0.2, 0) is 16.3 Å². The normalized spacial score (nSPS) is 11.8. The van der Waals surface area contributed by atoms with Gasteiger partial charge in [-0.25, -0.2) is 13.4 Å². The number of nitrogens with one attached hydrogen (secondary N) is 1. The molecule has 0 amide bonds. The molecule has 3 rings (SSSR count). The van der Waals surface area contributed by atoms with E-state index in [1.165, 1.54) is 0 Å². The standard InChI is InChI=1S/C14H14N4O2S/c15-11-1-2-12-13(9-11)18-14(17-12)21(19,20)8-5-10-3-6-16-7-4-10/h1-4,6-7,9H,5,8,15H2,(H,17,18). The van der Waals surface area contributed by atoms with Gasteiger partial charge in [0.25, 0.3) is 0 Å². The zero-order chi connectivity index (χ0) is 14.9. The van der Waals surface area contributed by atoms with E-state index >= 15 is 0 Å². The lowest BCUT2D eigenvalue weighted by atomic mass is 10.2. The van der Waals surface area contributed by atoms with Crippen LogP contribution in [0.3, 0.4) is 0 Å². The summed E-state index contributed by atoms with van der Waals surface area (Å²) in [7, 11) is -3.46. The van der Waals surface area contributed by atoms with Crippen molar-refractivity contribution in [1.29, 1.82) is 0 Å². The van der Waals surface area contributed by atoms with E-state index in [0.717, 1.165) is 5.56 Å². The van der Waals surface area contributed by atoms with Crippen molar-refractivity contribution >= 4 is 26.6 Å². The van der Waals surface area contributed by atoms with Crippen molar-refractivity contribution in [3.63, 3.8) is 0 Å². The molecule has 108 valence electrons. The molecule has 0 bridgehead atoms. The van der Waals surface area contributed by atoms with Crippen LogP contribution in [0.5, 0.6) is 0 Å². The second-order valence-electron chi connectivity index (χ2n) is 4.74. The smallest absolute Gasteiger partial charge is 0.226 e. The van der Waals surface area contributed by atoms with Gasteiger partial charge in [-0.15, -0.1) is 0 Å². The van der Waals surface area contributed by atoms with E-state index in [1.54, 1.807) is 42.7 Å². The van der Waals surface area contributed by atoms with Crippen molar-refractivity contribution in [3.8, 4) is 0 Å². The number of imidazole rings is 1. The first-order chi connectivity index (χ1) is 10.0. The predicted octanol–water partition coefficient (Wildman–Crippen LogP) is 1.56. The maximum Gasteiger partial charge on any atom is 0.226 e. The van der Waals surface area contributed by atoms with Crippen molar-refractivity contribution < 1.29 is 8.42 Å². The summed E-state index contributed by atoms with van der Waals surface area (Å²) in [6.07, 6.45) is 3.71. The molecular formula is C14H14N4O2S. The van der Waals surface area contributed by atoms with Gasteiger partial charge >= 0.3 is 0 Å². The minimum absolute atomic E-state index is 0.00762. The lowest BCUT2D eigenvalue weighted by Gasteiger charge is -2.01. The number of rotatable bonds is 4. The maximum absolute atomic E-state index is 12.3. The van der Waals surface area contributed by atoms with Crippen LogP contribution in [0, 0.1) is 0 Å². The van der Waals surface area contributed by atoms with Gasteiger partial charge in [-0.1, -0.05) is 0 Å². The van der Waals surface area contributed by atoms with Crippen molar-refractivity contribution in [3.05, 3.63) is 48.3 Å². The number of fused-ring (bicyclic) bond motifs is 1. The van der Waals surface area contributed by atoms with Crippen LogP contribution in [0.2, 0.25) is 0 Å². The Morgan fingerprint density at radius 1 is 1.14 bits per heavy atom. The first-order valence-electron chi connectivity index (χ1n) is 6.41. The number of hydrogen-bond acceptors (Lipinski definition) is 5. The lowest BCUT2D eigenvalue weighted by molar-refractivity contribution is 0.588. The van der Waals surface area contributed by atoms with Gasteiger partial charge in [0.15, 0.2) is 0 Å². The van der Waals surface area contributed by atoms with E-state index < -0.39 is 9.84 Å². The molecule has 0 saturated carbocycles. The summed E-state index contributed by atoms with van der Waals surface area (Å²) in [5, 5.41) is -0.0165. The summed E-state index contributed by atoms with van der Waals surface area (Å²) in [6, 6.07) is 8.66. The molecule has 0 aliphatic carbocycles. The molecule has 6 nitrogen and oxygen atoms in total. The number of benzene rings is 1. The number of nitrogens with zero attached hydrogens (tertiary/aromatic N) is 2. The molecule has 1 aromatic carbocycles.